The Balaban J connectivity index is 1.81. The highest BCUT2D eigenvalue weighted by molar-refractivity contribution is 5.84. The van der Waals surface area contributed by atoms with Gasteiger partial charge in [-0.25, -0.2) is 4.79 Å². The lowest BCUT2D eigenvalue weighted by atomic mass is 10.0. The van der Waals surface area contributed by atoms with Crippen molar-refractivity contribution in [3.05, 3.63) is 35.9 Å². The summed E-state index contributed by atoms with van der Waals surface area (Å²) in [6.45, 7) is 6.38. The molecule has 2 rings (SSSR count). The first-order chi connectivity index (χ1) is 13.0. The summed E-state index contributed by atoms with van der Waals surface area (Å²) in [6.07, 6.45) is 2.14. The van der Waals surface area contributed by atoms with Crippen LogP contribution in [0.2, 0.25) is 0 Å². The fraction of sp³-hybridized carbons (Fsp3) is 0.619. The van der Waals surface area contributed by atoms with Crippen molar-refractivity contribution in [2.24, 2.45) is 0 Å². The molecule has 0 saturated carbocycles. The van der Waals surface area contributed by atoms with Gasteiger partial charge in [-0.05, 0) is 38.7 Å². The first kappa shape index (κ1) is 21.4. The minimum absolute atomic E-state index is 0.0432. The molecule has 6 heteroatoms. The third-order valence-electron chi connectivity index (χ3n) is 4.65. The summed E-state index contributed by atoms with van der Waals surface area (Å²) >= 11 is 0. The molecule has 1 heterocycles. The van der Waals surface area contributed by atoms with E-state index >= 15 is 0 Å². The van der Waals surface area contributed by atoms with Crippen molar-refractivity contribution in [3.8, 4) is 0 Å². The van der Waals surface area contributed by atoms with Crippen LogP contribution in [0.3, 0.4) is 0 Å². The van der Waals surface area contributed by atoms with E-state index in [4.69, 9.17) is 14.2 Å². The summed E-state index contributed by atoms with van der Waals surface area (Å²) in [5.41, 5.74) is 1.04. The molecular formula is C21H31NO5. The van der Waals surface area contributed by atoms with E-state index < -0.39 is 18.2 Å². The molecule has 0 aromatic heterocycles. The average Bonchev–Trinajstić information content (AvgIpc) is 3.19. The Hall–Kier alpha value is -1.92. The van der Waals surface area contributed by atoms with Crippen LogP contribution in [-0.2, 0) is 23.8 Å². The molecule has 1 saturated heterocycles. The zero-order valence-electron chi connectivity index (χ0n) is 16.5. The van der Waals surface area contributed by atoms with Gasteiger partial charge < -0.3 is 19.5 Å². The van der Waals surface area contributed by atoms with Crippen LogP contribution in [0.15, 0.2) is 30.3 Å². The van der Waals surface area contributed by atoms with Gasteiger partial charge in [0.15, 0.2) is 12.2 Å². The maximum absolute atomic E-state index is 12.5. The molecule has 1 fully saturated rings. The largest absolute Gasteiger partial charge is 0.451 e. The van der Waals surface area contributed by atoms with Crippen molar-refractivity contribution in [2.75, 3.05) is 13.2 Å². The first-order valence-corrected chi connectivity index (χ1v) is 9.80. The molecule has 4 unspecified atom stereocenters. The fourth-order valence-electron chi connectivity index (χ4n) is 3.00. The van der Waals surface area contributed by atoms with Crippen LogP contribution in [0, 0.1) is 0 Å². The monoisotopic (exact) mass is 377 g/mol. The lowest BCUT2D eigenvalue weighted by molar-refractivity contribution is -0.166. The molecule has 1 aromatic carbocycles. The lowest BCUT2D eigenvalue weighted by Crippen LogP contribution is -2.40. The molecule has 1 aliphatic rings. The van der Waals surface area contributed by atoms with E-state index in [1.54, 1.807) is 13.8 Å². The molecule has 0 radical (unpaired) electrons. The lowest BCUT2D eigenvalue weighted by Gasteiger charge is -2.22. The highest BCUT2D eigenvalue weighted by Gasteiger charge is 2.26. The van der Waals surface area contributed by atoms with E-state index in [1.165, 1.54) is 0 Å². The van der Waals surface area contributed by atoms with E-state index in [0.29, 0.717) is 6.61 Å². The number of esters is 1. The van der Waals surface area contributed by atoms with Crippen LogP contribution in [0.4, 0.5) is 0 Å². The smallest absolute Gasteiger partial charge is 0.335 e. The molecule has 1 N–H and O–H groups in total. The number of ether oxygens (including phenoxy) is 3. The number of benzene rings is 1. The summed E-state index contributed by atoms with van der Waals surface area (Å²) in [6, 6.07) is 9.70. The second-order valence-electron chi connectivity index (χ2n) is 6.95. The second-order valence-corrected chi connectivity index (χ2v) is 6.95. The van der Waals surface area contributed by atoms with Gasteiger partial charge in [-0.2, -0.15) is 0 Å². The Kier molecular flexibility index (Phi) is 8.75. The van der Waals surface area contributed by atoms with Gasteiger partial charge in [0.2, 0.25) is 0 Å². The van der Waals surface area contributed by atoms with Gasteiger partial charge in [-0.3, -0.25) is 4.79 Å². The van der Waals surface area contributed by atoms with Crippen LogP contribution < -0.4 is 5.32 Å². The second kappa shape index (κ2) is 11.0. The van der Waals surface area contributed by atoms with Gasteiger partial charge in [0, 0.05) is 6.61 Å². The van der Waals surface area contributed by atoms with Crippen LogP contribution in [0.5, 0.6) is 0 Å². The highest BCUT2D eigenvalue weighted by Crippen LogP contribution is 2.18. The number of carbonyl (C=O) groups is 2. The van der Waals surface area contributed by atoms with Crippen molar-refractivity contribution in [3.63, 3.8) is 0 Å². The number of rotatable bonds is 10. The molecule has 0 aliphatic carbocycles. The predicted molar refractivity (Wildman–Crippen MR) is 102 cm³/mol. The number of carbonyl (C=O) groups excluding carboxylic acids is 2. The summed E-state index contributed by atoms with van der Waals surface area (Å²) in [5.74, 6) is -0.848. The number of hydrogen-bond acceptors (Lipinski definition) is 5. The molecule has 1 aliphatic heterocycles. The van der Waals surface area contributed by atoms with Crippen LogP contribution in [-0.4, -0.2) is 43.4 Å². The molecule has 1 aromatic rings. The molecule has 0 bridgehead atoms. The molecule has 1 amide bonds. The summed E-state index contributed by atoms with van der Waals surface area (Å²) in [4.78, 5) is 24.7. The maximum Gasteiger partial charge on any atom is 0.335 e. The van der Waals surface area contributed by atoms with Crippen LogP contribution in [0.1, 0.15) is 58.1 Å². The van der Waals surface area contributed by atoms with Crippen molar-refractivity contribution in [2.45, 2.75) is 70.8 Å². The Morgan fingerprint density at radius 1 is 1.22 bits per heavy atom. The Morgan fingerprint density at radius 2 is 1.96 bits per heavy atom. The van der Waals surface area contributed by atoms with Crippen LogP contribution in [0.25, 0.3) is 0 Å². The standard InChI is InChI=1S/C21H31NO5/c1-4-9-19(17-10-6-5-7-11-17)22-20(23)15(2)27-21(24)16(3)26-14-18-12-8-13-25-18/h5-7,10-11,15-16,18-19H,4,8-9,12-14H2,1-3H3,(H,22,23). The molecule has 27 heavy (non-hydrogen) atoms. The third kappa shape index (κ3) is 6.96. The normalized spacial score (nSPS) is 19.9. The number of amides is 1. The van der Waals surface area contributed by atoms with E-state index in [-0.39, 0.29) is 18.1 Å². The summed E-state index contributed by atoms with van der Waals surface area (Å²) in [7, 11) is 0. The Bertz CT molecular complexity index is 585. The number of hydrogen-bond donors (Lipinski definition) is 1. The van der Waals surface area contributed by atoms with E-state index in [9.17, 15) is 9.59 Å². The Labute approximate surface area is 161 Å². The average molecular weight is 377 g/mol. The van der Waals surface area contributed by atoms with E-state index in [0.717, 1.165) is 37.9 Å². The van der Waals surface area contributed by atoms with Gasteiger partial charge in [-0.1, -0.05) is 43.7 Å². The molecular weight excluding hydrogens is 346 g/mol. The predicted octanol–water partition coefficient (Wildman–Crippen LogP) is 3.16. The zero-order chi connectivity index (χ0) is 19.6. The summed E-state index contributed by atoms with van der Waals surface area (Å²) in [5, 5.41) is 2.98. The highest BCUT2D eigenvalue weighted by atomic mass is 16.6. The van der Waals surface area contributed by atoms with Gasteiger partial charge in [0.25, 0.3) is 5.91 Å². The number of nitrogens with one attached hydrogen (secondary N) is 1. The van der Waals surface area contributed by atoms with E-state index in [1.807, 2.05) is 30.3 Å². The maximum atomic E-state index is 12.5. The van der Waals surface area contributed by atoms with Crippen molar-refractivity contribution in [1.29, 1.82) is 0 Å². The minimum atomic E-state index is -0.880. The van der Waals surface area contributed by atoms with Gasteiger partial charge >= 0.3 is 5.97 Å². The Morgan fingerprint density at radius 3 is 2.59 bits per heavy atom. The first-order valence-electron chi connectivity index (χ1n) is 9.80. The third-order valence-corrected chi connectivity index (χ3v) is 4.65. The fourth-order valence-corrected chi connectivity index (χ4v) is 3.00. The molecule has 6 nitrogen and oxygen atoms in total. The van der Waals surface area contributed by atoms with Gasteiger partial charge in [0.05, 0.1) is 18.8 Å². The quantitative estimate of drug-likeness (QED) is 0.634. The van der Waals surface area contributed by atoms with Crippen LogP contribution >= 0.6 is 0 Å². The van der Waals surface area contributed by atoms with Gasteiger partial charge in [0.1, 0.15) is 0 Å². The van der Waals surface area contributed by atoms with Crippen molar-refractivity contribution in [1.82, 2.24) is 5.32 Å². The van der Waals surface area contributed by atoms with Crippen molar-refractivity contribution >= 4 is 11.9 Å². The molecule has 150 valence electrons. The van der Waals surface area contributed by atoms with Gasteiger partial charge in [-0.15, -0.1) is 0 Å². The minimum Gasteiger partial charge on any atom is -0.451 e. The summed E-state index contributed by atoms with van der Waals surface area (Å²) < 4.78 is 16.3. The molecule has 4 atom stereocenters. The van der Waals surface area contributed by atoms with Crippen molar-refractivity contribution < 1.29 is 23.8 Å². The SMILES string of the molecule is CCCC(NC(=O)C(C)OC(=O)C(C)OCC1CCCO1)c1ccccc1. The zero-order valence-corrected chi connectivity index (χ0v) is 16.5. The molecule has 0 spiro atoms. The van der Waals surface area contributed by atoms with E-state index in [2.05, 4.69) is 12.2 Å². The topological polar surface area (TPSA) is 73.9 Å².